The van der Waals surface area contributed by atoms with E-state index in [1.165, 1.54) is 22.3 Å². The quantitative estimate of drug-likeness (QED) is 0.593. The van der Waals surface area contributed by atoms with Gasteiger partial charge >= 0.3 is 0 Å². The fourth-order valence-corrected chi connectivity index (χ4v) is 2.04. The van der Waals surface area contributed by atoms with Crippen LogP contribution in [0.1, 0.15) is 25.3 Å². The second-order valence-corrected chi connectivity index (χ2v) is 4.73. The van der Waals surface area contributed by atoms with Crippen molar-refractivity contribution in [3.63, 3.8) is 0 Å². The van der Waals surface area contributed by atoms with Crippen molar-refractivity contribution in [2.24, 2.45) is 0 Å². The molecular weight excluding hydrogens is 228 g/mol. The highest BCUT2D eigenvalue weighted by Gasteiger charge is 1.95. The Bertz CT molecular complexity index is 544. The van der Waals surface area contributed by atoms with E-state index in [4.69, 9.17) is 0 Å². The Morgan fingerprint density at radius 1 is 0.947 bits per heavy atom. The van der Waals surface area contributed by atoms with Crippen LogP contribution in [0.15, 0.2) is 72.8 Å². The summed E-state index contributed by atoms with van der Waals surface area (Å²) in [5.74, 6) is 0. The molecule has 0 aromatic heterocycles. The summed E-state index contributed by atoms with van der Waals surface area (Å²) in [6.07, 6.45) is 6.46. The molecule has 0 aliphatic rings. The van der Waals surface area contributed by atoms with Crippen LogP contribution in [-0.4, -0.2) is 0 Å². The van der Waals surface area contributed by atoms with Gasteiger partial charge in [-0.3, -0.25) is 0 Å². The Labute approximate surface area is 116 Å². The average molecular weight is 248 g/mol. The van der Waals surface area contributed by atoms with E-state index in [0.29, 0.717) is 0 Å². The Hall–Kier alpha value is -2.08. The first-order chi connectivity index (χ1) is 9.29. The van der Waals surface area contributed by atoms with Gasteiger partial charge in [-0.1, -0.05) is 92.2 Å². The molecule has 0 N–H and O–H groups in total. The molecule has 19 heavy (non-hydrogen) atoms. The van der Waals surface area contributed by atoms with Crippen LogP contribution >= 0.6 is 0 Å². The summed E-state index contributed by atoms with van der Waals surface area (Å²) in [6.45, 7) is 6.21. The van der Waals surface area contributed by atoms with Crippen LogP contribution < -0.4 is 0 Å². The topological polar surface area (TPSA) is 0 Å². The van der Waals surface area contributed by atoms with Gasteiger partial charge in [0.25, 0.3) is 0 Å². The van der Waals surface area contributed by atoms with Gasteiger partial charge in [-0.05, 0) is 23.1 Å². The number of rotatable bonds is 5. The highest BCUT2D eigenvalue weighted by molar-refractivity contribution is 5.65. The minimum absolute atomic E-state index is 1.07. The van der Waals surface area contributed by atoms with Gasteiger partial charge in [0.2, 0.25) is 0 Å². The number of hydrogen-bond acceptors (Lipinski definition) is 0. The van der Waals surface area contributed by atoms with E-state index in [1.807, 2.05) is 6.07 Å². The normalized spacial score (nSPS) is 10.8. The molecule has 0 heteroatoms. The lowest BCUT2D eigenvalue weighted by atomic mass is 10.0. The van der Waals surface area contributed by atoms with Gasteiger partial charge in [0.05, 0.1) is 0 Å². The van der Waals surface area contributed by atoms with Gasteiger partial charge in [-0.15, -0.1) is 0 Å². The van der Waals surface area contributed by atoms with Crippen molar-refractivity contribution in [1.82, 2.24) is 0 Å². The molecule has 2 aromatic carbocycles. The third-order valence-electron chi connectivity index (χ3n) is 3.10. The summed E-state index contributed by atoms with van der Waals surface area (Å²) in [5.41, 5.74) is 4.92. The lowest BCUT2D eigenvalue weighted by molar-refractivity contribution is 0.931. The smallest absolute Gasteiger partial charge is 0.0184 e. The maximum atomic E-state index is 4.04. The molecule has 0 saturated carbocycles. The zero-order chi connectivity index (χ0) is 13.5. The predicted octanol–water partition coefficient (Wildman–Crippen LogP) is 5.72. The van der Waals surface area contributed by atoms with E-state index in [2.05, 4.69) is 74.2 Å². The summed E-state index contributed by atoms with van der Waals surface area (Å²) >= 11 is 0. The molecule has 0 heterocycles. The van der Waals surface area contributed by atoms with Gasteiger partial charge in [0.15, 0.2) is 0 Å². The SMILES string of the molecule is C=C(/C=C/c1ccc(-c2ccccc2)cc1)CCC. The Morgan fingerprint density at radius 2 is 1.58 bits per heavy atom. The molecule has 0 amide bonds. The van der Waals surface area contributed by atoms with Crippen LogP contribution in [0, 0.1) is 0 Å². The third kappa shape index (κ3) is 3.96. The van der Waals surface area contributed by atoms with Crippen LogP contribution in [0.25, 0.3) is 17.2 Å². The molecule has 96 valence electrons. The second-order valence-electron chi connectivity index (χ2n) is 4.73. The van der Waals surface area contributed by atoms with E-state index >= 15 is 0 Å². The van der Waals surface area contributed by atoms with Crippen molar-refractivity contribution in [3.05, 3.63) is 78.4 Å². The minimum atomic E-state index is 1.07. The first-order valence-corrected chi connectivity index (χ1v) is 6.81. The summed E-state index contributed by atoms with van der Waals surface area (Å²) < 4.78 is 0. The van der Waals surface area contributed by atoms with E-state index in [0.717, 1.165) is 12.8 Å². The van der Waals surface area contributed by atoms with Crippen LogP contribution in [-0.2, 0) is 0 Å². The molecule has 0 nitrogen and oxygen atoms in total. The van der Waals surface area contributed by atoms with Gasteiger partial charge in [-0.2, -0.15) is 0 Å². The summed E-state index contributed by atoms with van der Waals surface area (Å²) in [4.78, 5) is 0. The van der Waals surface area contributed by atoms with Crippen LogP contribution in [0.2, 0.25) is 0 Å². The molecule has 0 saturated heterocycles. The number of benzene rings is 2. The zero-order valence-corrected chi connectivity index (χ0v) is 11.5. The lowest BCUT2D eigenvalue weighted by Crippen LogP contribution is -1.78. The summed E-state index contributed by atoms with van der Waals surface area (Å²) in [5, 5.41) is 0. The first kappa shape index (κ1) is 13.4. The highest BCUT2D eigenvalue weighted by atomic mass is 14.0. The van der Waals surface area contributed by atoms with Crippen LogP contribution in [0.5, 0.6) is 0 Å². The highest BCUT2D eigenvalue weighted by Crippen LogP contribution is 2.20. The monoisotopic (exact) mass is 248 g/mol. The van der Waals surface area contributed by atoms with Crippen molar-refractivity contribution in [2.45, 2.75) is 19.8 Å². The average Bonchev–Trinajstić information content (AvgIpc) is 2.47. The van der Waals surface area contributed by atoms with Crippen molar-refractivity contribution >= 4 is 6.08 Å². The molecule has 0 fully saturated rings. The largest absolute Gasteiger partial charge is 0.0958 e. The molecule has 0 unspecified atom stereocenters. The number of allylic oxidation sites excluding steroid dienone is 2. The van der Waals surface area contributed by atoms with Gasteiger partial charge in [0, 0.05) is 0 Å². The molecule has 0 spiro atoms. The molecular formula is C19H20. The zero-order valence-electron chi connectivity index (χ0n) is 11.5. The Balaban J connectivity index is 2.09. The first-order valence-electron chi connectivity index (χ1n) is 6.81. The molecule has 2 rings (SSSR count). The summed E-state index contributed by atoms with van der Waals surface area (Å²) in [7, 11) is 0. The van der Waals surface area contributed by atoms with Crippen molar-refractivity contribution in [3.8, 4) is 11.1 Å². The molecule has 0 aliphatic carbocycles. The third-order valence-corrected chi connectivity index (χ3v) is 3.10. The van der Waals surface area contributed by atoms with Crippen molar-refractivity contribution in [1.29, 1.82) is 0 Å². The minimum Gasteiger partial charge on any atom is -0.0958 e. The molecule has 0 radical (unpaired) electrons. The molecule has 0 aliphatic heterocycles. The fraction of sp³-hybridized carbons (Fsp3) is 0.158. The fourth-order valence-electron chi connectivity index (χ4n) is 2.04. The van der Waals surface area contributed by atoms with Gasteiger partial charge in [0.1, 0.15) is 0 Å². The molecule has 0 bridgehead atoms. The molecule has 2 aromatic rings. The standard InChI is InChI=1S/C19H20/c1-3-7-16(2)10-11-17-12-14-19(15-13-17)18-8-5-4-6-9-18/h4-6,8-15H,2-3,7H2,1H3/b11-10+. The van der Waals surface area contributed by atoms with Gasteiger partial charge < -0.3 is 0 Å². The van der Waals surface area contributed by atoms with E-state index in [-0.39, 0.29) is 0 Å². The second kappa shape index (κ2) is 6.75. The van der Waals surface area contributed by atoms with Crippen molar-refractivity contribution in [2.75, 3.05) is 0 Å². The maximum Gasteiger partial charge on any atom is -0.0184 e. The van der Waals surface area contributed by atoms with E-state index < -0.39 is 0 Å². The van der Waals surface area contributed by atoms with Crippen LogP contribution in [0.3, 0.4) is 0 Å². The predicted molar refractivity (Wildman–Crippen MR) is 85.0 cm³/mol. The summed E-state index contributed by atoms with van der Waals surface area (Å²) in [6, 6.07) is 19.1. The lowest BCUT2D eigenvalue weighted by Gasteiger charge is -2.02. The van der Waals surface area contributed by atoms with Gasteiger partial charge in [-0.25, -0.2) is 0 Å². The Morgan fingerprint density at radius 3 is 2.21 bits per heavy atom. The molecule has 0 atom stereocenters. The van der Waals surface area contributed by atoms with Crippen LogP contribution in [0.4, 0.5) is 0 Å². The maximum absolute atomic E-state index is 4.04. The Kier molecular flexibility index (Phi) is 4.74. The number of hydrogen-bond donors (Lipinski definition) is 0. The van der Waals surface area contributed by atoms with E-state index in [1.54, 1.807) is 0 Å². The van der Waals surface area contributed by atoms with Crippen molar-refractivity contribution < 1.29 is 0 Å². The van der Waals surface area contributed by atoms with E-state index in [9.17, 15) is 0 Å².